The third-order valence-electron chi connectivity index (χ3n) is 3.79. The van der Waals surface area contributed by atoms with E-state index >= 15 is 0 Å². The maximum Gasteiger partial charge on any atom is 0.276 e. The van der Waals surface area contributed by atoms with E-state index in [9.17, 15) is 9.59 Å². The minimum atomic E-state index is -0.476. The van der Waals surface area contributed by atoms with Crippen LogP contribution in [0.15, 0.2) is 84.9 Å². The second kappa shape index (κ2) is 9.78. The van der Waals surface area contributed by atoms with Crippen LogP contribution in [0.5, 0.6) is 11.5 Å². The molecule has 2 N–H and O–H groups in total. The van der Waals surface area contributed by atoms with Gasteiger partial charge in [-0.05, 0) is 23.8 Å². The average Bonchev–Trinajstić information content (AvgIpc) is 2.76. The number of carbonyl (C=O) groups is 2. The number of hydrogen-bond acceptors (Lipinski definition) is 4. The minimum Gasteiger partial charge on any atom is -0.484 e. The van der Waals surface area contributed by atoms with Crippen molar-refractivity contribution >= 4 is 11.8 Å². The molecule has 0 fully saturated rings. The highest BCUT2D eigenvalue weighted by atomic mass is 16.5. The first-order valence-electron chi connectivity index (χ1n) is 8.75. The highest BCUT2D eigenvalue weighted by Crippen LogP contribution is 2.29. The highest BCUT2D eigenvalue weighted by Gasteiger charge is 2.09. The normalized spacial score (nSPS) is 10.0. The summed E-state index contributed by atoms with van der Waals surface area (Å²) in [6.45, 7) is -0.439. The van der Waals surface area contributed by atoms with Crippen LogP contribution in [0.4, 0.5) is 0 Å². The van der Waals surface area contributed by atoms with Crippen LogP contribution in [0.3, 0.4) is 0 Å². The van der Waals surface area contributed by atoms with E-state index in [0.717, 1.165) is 11.1 Å². The molecule has 0 aromatic heterocycles. The molecule has 6 nitrogen and oxygen atoms in total. The average molecular weight is 376 g/mol. The van der Waals surface area contributed by atoms with E-state index in [4.69, 9.17) is 9.47 Å². The fourth-order valence-electron chi connectivity index (χ4n) is 2.47. The number of nitrogens with one attached hydrogen (secondary N) is 2. The molecule has 0 saturated carbocycles. The number of benzene rings is 3. The largest absolute Gasteiger partial charge is 0.484 e. The molecule has 142 valence electrons. The first kappa shape index (κ1) is 19.0. The number of rotatable bonds is 7. The van der Waals surface area contributed by atoms with Crippen molar-refractivity contribution in [2.24, 2.45) is 0 Å². The molecule has 0 aliphatic heterocycles. The smallest absolute Gasteiger partial charge is 0.276 e. The lowest BCUT2D eigenvalue weighted by Crippen LogP contribution is -2.45. The van der Waals surface area contributed by atoms with Crippen molar-refractivity contribution in [1.29, 1.82) is 0 Å². The van der Waals surface area contributed by atoms with Gasteiger partial charge in [-0.1, -0.05) is 66.7 Å². The Hall–Kier alpha value is -3.80. The molecule has 0 heterocycles. The van der Waals surface area contributed by atoms with Gasteiger partial charge in [0, 0.05) is 5.56 Å². The van der Waals surface area contributed by atoms with Gasteiger partial charge in [-0.15, -0.1) is 0 Å². The second-order valence-corrected chi connectivity index (χ2v) is 5.85. The van der Waals surface area contributed by atoms with Crippen LogP contribution in [0, 0.1) is 0 Å². The van der Waals surface area contributed by atoms with E-state index < -0.39 is 11.8 Å². The molecule has 3 aromatic carbocycles. The van der Waals surface area contributed by atoms with Gasteiger partial charge in [0.25, 0.3) is 11.8 Å². The van der Waals surface area contributed by atoms with E-state index in [-0.39, 0.29) is 13.2 Å². The lowest BCUT2D eigenvalue weighted by Gasteiger charge is -2.12. The minimum absolute atomic E-state index is 0.206. The molecule has 0 spiro atoms. The third kappa shape index (κ3) is 5.60. The molecule has 0 atom stereocenters. The predicted octanol–water partition coefficient (Wildman–Crippen LogP) is 2.96. The number of hydrazine groups is 1. The zero-order valence-corrected chi connectivity index (χ0v) is 15.1. The molecule has 0 radical (unpaired) electrons. The molecule has 2 amide bonds. The van der Waals surface area contributed by atoms with Crippen LogP contribution in [0.25, 0.3) is 11.1 Å². The first-order chi connectivity index (χ1) is 13.7. The molecule has 3 rings (SSSR count). The molecule has 0 bridgehead atoms. The summed E-state index contributed by atoms with van der Waals surface area (Å²) in [5, 5.41) is 0. The second-order valence-electron chi connectivity index (χ2n) is 5.85. The summed E-state index contributed by atoms with van der Waals surface area (Å²) in [5.74, 6) is 0.213. The van der Waals surface area contributed by atoms with Gasteiger partial charge in [0.15, 0.2) is 13.2 Å². The van der Waals surface area contributed by atoms with Crippen molar-refractivity contribution in [3.63, 3.8) is 0 Å². The first-order valence-corrected chi connectivity index (χ1v) is 8.75. The number of hydrogen-bond donors (Lipinski definition) is 2. The molecular formula is C22H20N2O4. The van der Waals surface area contributed by atoms with E-state index in [0.29, 0.717) is 11.5 Å². The van der Waals surface area contributed by atoms with Gasteiger partial charge in [0.05, 0.1) is 0 Å². The van der Waals surface area contributed by atoms with Gasteiger partial charge < -0.3 is 9.47 Å². The van der Waals surface area contributed by atoms with Gasteiger partial charge in [0.1, 0.15) is 11.5 Å². The Bertz CT molecular complexity index is 914. The molecule has 0 aliphatic carbocycles. The van der Waals surface area contributed by atoms with Crippen LogP contribution in [-0.4, -0.2) is 25.0 Å². The van der Waals surface area contributed by atoms with Crippen molar-refractivity contribution in [3.05, 3.63) is 84.9 Å². The maximum absolute atomic E-state index is 12.0. The van der Waals surface area contributed by atoms with Crippen LogP contribution >= 0.6 is 0 Å². The summed E-state index contributed by atoms with van der Waals surface area (Å²) in [4.78, 5) is 23.7. The lowest BCUT2D eigenvalue weighted by atomic mass is 10.1. The van der Waals surface area contributed by atoms with Gasteiger partial charge in [0.2, 0.25) is 0 Å². The summed E-state index contributed by atoms with van der Waals surface area (Å²) >= 11 is 0. The van der Waals surface area contributed by atoms with Gasteiger partial charge in [-0.25, -0.2) is 0 Å². The van der Waals surface area contributed by atoms with E-state index in [2.05, 4.69) is 10.9 Å². The Balaban J connectivity index is 1.45. The third-order valence-corrected chi connectivity index (χ3v) is 3.79. The predicted molar refractivity (Wildman–Crippen MR) is 106 cm³/mol. The SMILES string of the molecule is O=C(COc1ccccc1)NNC(=O)COc1ccccc1-c1ccccc1. The van der Waals surface area contributed by atoms with Gasteiger partial charge >= 0.3 is 0 Å². The topological polar surface area (TPSA) is 76.7 Å². The van der Waals surface area contributed by atoms with E-state index in [1.165, 1.54) is 0 Å². The fraction of sp³-hybridized carbons (Fsp3) is 0.0909. The summed E-state index contributed by atoms with van der Waals surface area (Å²) in [6.07, 6.45) is 0. The van der Waals surface area contributed by atoms with Crippen molar-refractivity contribution in [1.82, 2.24) is 10.9 Å². The standard InChI is InChI=1S/C22H20N2O4/c25-21(15-27-18-11-5-2-6-12-18)23-24-22(26)16-28-20-14-8-7-13-19(20)17-9-3-1-4-10-17/h1-14H,15-16H2,(H,23,25)(H,24,26). The number of carbonyl (C=O) groups excluding carboxylic acids is 2. The van der Waals surface area contributed by atoms with Crippen LogP contribution in [0.1, 0.15) is 0 Å². The van der Waals surface area contributed by atoms with Crippen molar-refractivity contribution in [3.8, 4) is 22.6 Å². The molecule has 6 heteroatoms. The Morgan fingerprint density at radius 2 is 1.18 bits per heavy atom. The van der Waals surface area contributed by atoms with Crippen molar-refractivity contribution in [2.75, 3.05) is 13.2 Å². The zero-order chi connectivity index (χ0) is 19.6. The van der Waals surface area contributed by atoms with Crippen LogP contribution in [-0.2, 0) is 9.59 Å². The Morgan fingerprint density at radius 3 is 1.86 bits per heavy atom. The van der Waals surface area contributed by atoms with E-state index in [1.54, 1.807) is 30.3 Å². The van der Waals surface area contributed by atoms with Crippen LogP contribution < -0.4 is 20.3 Å². The molecule has 3 aromatic rings. The van der Waals surface area contributed by atoms with Crippen molar-refractivity contribution < 1.29 is 19.1 Å². The number of amides is 2. The van der Waals surface area contributed by atoms with Gasteiger partial charge in [-0.2, -0.15) is 0 Å². The fourth-order valence-corrected chi connectivity index (χ4v) is 2.47. The Morgan fingerprint density at radius 1 is 0.643 bits per heavy atom. The lowest BCUT2D eigenvalue weighted by molar-refractivity contribution is -0.131. The monoisotopic (exact) mass is 376 g/mol. The van der Waals surface area contributed by atoms with Crippen LogP contribution in [0.2, 0.25) is 0 Å². The summed E-state index contributed by atoms with van der Waals surface area (Å²) in [5.41, 5.74) is 6.47. The molecule has 0 aliphatic rings. The highest BCUT2D eigenvalue weighted by molar-refractivity contribution is 5.83. The summed E-state index contributed by atoms with van der Waals surface area (Å²) in [6, 6.07) is 26.1. The quantitative estimate of drug-likeness (QED) is 0.622. The number of para-hydroxylation sites is 2. The Labute approximate surface area is 163 Å². The summed E-state index contributed by atoms with van der Waals surface area (Å²) < 4.78 is 10.9. The Kier molecular flexibility index (Phi) is 6.62. The molecule has 0 unspecified atom stereocenters. The molecular weight excluding hydrogens is 356 g/mol. The van der Waals surface area contributed by atoms with Crippen molar-refractivity contribution in [2.45, 2.75) is 0 Å². The maximum atomic E-state index is 12.0. The van der Waals surface area contributed by atoms with Gasteiger partial charge in [-0.3, -0.25) is 20.4 Å². The zero-order valence-electron chi connectivity index (χ0n) is 15.1. The summed E-state index contributed by atoms with van der Waals surface area (Å²) in [7, 11) is 0. The number of ether oxygens (including phenoxy) is 2. The molecule has 28 heavy (non-hydrogen) atoms. The van der Waals surface area contributed by atoms with E-state index in [1.807, 2.05) is 54.6 Å². The molecule has 0 saturated heterocycles.